The highest BCUT2D eigenvalue weighted by atomic mass is 32.1. The molecule has 1 aliphatic heterocycles. The highest BCUT2D eigenvalue weighted by Gasteiger charge is 2.45. The SMILES string of the molecule is COc1ccccc1C1C(C(=O)C(C)C)=C(O)C(=O)N1c1ccc(-c2ccsc2)c(F)c1. The Labute approximate surface area is 189 Å². The Balaban J connectivity index is 1.88. The molecule has 0 fully saturated rings. The predicted octanol–water partition coefficient (Wildman–Crippen LogP) is 5.69. The molecule has 32 heavy (non-hydrogen) atoms. The molecule has 0 saturated carbocycles. The second kappa shape index (κ2) is 8.59. The number of hydrogen-bond donors (Lipinski definition) is 1. The summed E-state index contributed by atoms with van der Waals surface area (Å²) in [6, 6.07) is 12.3. The summed E-state index contributed by atoms with van der Waals surface area (Å²) in [6.45, 7) is 3.40. The number of aliphatic hydroxyl groups is 1. The van der Waals surface area contributed by atoms with Crippen molar-refractivity contribution in [2.45, 2.75) is 19.9 Å². The fourth-order valence-electron chi connectivity index (χ4n) is 3.93. The summed E-state index contributed by atoms with van der Waals surface area (Å²) in [6.07, 6.45) is 0. The Morgan fingerprint density at radius 2 is 1.94 bits per heavy atom. The van der Waals surface area contributed by atoms with Gasteiger partial charge in [0, 0.05) is 22.7 Å². The van der Waals surface area contributed by atoms with Crippen molar-refractivity contribution in [2.24, 2.45) is 5.92 Å². The Hall–Kier alpha value is -3.45. The first kappa shape index (κ1) is 21.8. The number of thiophene rings is 1. The monoisotopic (exact) mass is 451 g/mol. The van der Waals surface area contributed by atoms with Gasteiger partial charge >= 0.3 is 0 Å². The quantitative estimate of drug-likeness (QED) is 0.523. The van der Waals surface area contributed by atoms with Gasteiger partial charge in [-0.05, 0) is 46.7 Å². The number of ketones is 1. The number of ether oxygens (including phenoxy) is 1. The largest absolute Gasteiger partial charge is 0.503 e. The third kappa shape index (κ3) is 3.58. The molecule has 0 spiro atoms. The van der Waals surface area contributed by atoms with E-state index in [1.54, 1.807) is 50.2 Å². The molecule has 1 aromatic heterocycles. The fraction of sp³-hybridized carbons (Fsp3) is 0.200. The maximum Gasteiger partial charge on any atom is 0.294 e. The summed E-state index contributed by atoms with van der Waals surface area (Å²) in [5.74, 6) is -2.24. The molecule has 1 atom stereocenters. The normalized spacial score (nSPS) is 16.2. The number of Topliss-reactive ketones (excluding diaryl/α,β-unsaturated/α-hetero) is 1. The van der Waals surface area contributed by atoms with Crippen LogP contribution in [0.15, 0.2) is 70.6 Å². The average molecular weight is 452 g/mol. The molecule has 0 aliphatic carbocycles. The zero-order valence-corrected chi connectivity index (χ0v) is 18.7. The van der Waals surface area contributed by atoms with Gasteiger partial charge in [-0.1, -0.05) is 32.0 Å². The first-order valence-electron chi connectivity index (χ1n) is 10.1. The van der Waals surface area contributed by atoms with Crippen LogP contribution >= 0.6 is 11.3 Å². The lowest BCUT2D eigenvalue weighted by atomic mass is 9.90. The van der Waals surface area contributed by atoms with E-state index in [1.165, 1.54) is 29.4 Å². The standard InChI is InChI=1S/C25H22FNO4S/c1-14(2)23(28)21-22(18-6-4-5-7-20(18)31-3)27(25(30)24(21)29)16-8-9-17(19(26)12-16)15-10-11-32-13-15/h4-14,22,29H,1-3H3. The zero-order valence-electron chi connectivity index (χ0n) is 17.8. The predicted molar refractivity (Wildman–Crippen MR) is 122 cm³/mol. The van der Waals surface area contributed by atoms with Gasteiger partial charge in [0.1, 0.15) is 11.6 Å². The van der Waals surface area contributed by atoms with Crippen molar-refractivity contribution in [3.8, 4) is 16.9 Å². The van der Waals surface area contributed by atoms with Gasteiger partial charge in [-0.2, -0.15) is 11.3 Å². The van der Waals surface area contributed by atoms with Crippen molar-refractivity contribution in [3.63, 3.8) is 0 Å². The van der Waals surface area contributed by atoms with Crippen LogP contribution in [-0.4, -0.2) is 23.9 Å². The van der Waals surface area contributed by atoms with Crippen molar-refractivity contribution < 1.29 is 23.8 Å². The zero-order chi connectivity index (χ0) is 23.0. The maximum atomic E-state index is 15.0. The molecule has 0 radical (unpaired) electrons. The van der Waals surface area contributed by atoms with Gasteiger partial charge in [-0.15, -0.1) is 0 Å². The van der Waals surface area contributed by atoms with Gasteiger partial charge in [0.25, 0.3) is 5.91 Å². The lowest BCUT2D eigenvalue weighted by Crippen LogP contribution is -2.31. The Kier molecular flexibility index (Phi) is 5.84. The molecular weight excluding hydrogens is 429 g/mol. The van der Waals surface area contributed by atoms with Crippen molar-refractivity contribution >= 4 is 28.7 Å². The van der Waals surface area contributed by atoms with Crippen molar-refractivity contribution in [1.82, 2.24) is 0 Å². The van der Waals surface area contributed by atoms with Crippen LogP contribution in [0.5, 0.6) is 5.75 Å². The molecule has 5 nitrogen and oxygen atoms in total. The van der Waals surface area contributed by atoms with Gasteiger partial charge in [0.05, 0.1) is 18.7 Å². The van der Waals surface area contributed by atoms with Crippen LogP contribution in [0.2, 0.25) is 0 Å². The van der Waals surface area contributed by atoms with Gasteiger partial charge < -0.3 is 9.84 Å². The number of anilines is 1. The van der Waals surface area contributed by atoms with Crippen LogP contribution in [0.1, 0.15) is 25.5 Å². The summed E-state index contributed by atoms with van der Waals surface area (Å²) in [5.41, 5.74) is 1.90. The second-order valence-corrected chi connectivity index (χ2v) is 8.56. The average Bonchev–Trinajstić information content (AvgIpc) is 3.40. The van der Waals surface area contributed by atoms with Crippen molar-refractivity contribution in [1.29, 1.82) is 0 Å². The lowest BCUT2D eigenvalue weighted by Gasteiger charge is -2.28. The number of carbonyl (C=O) groups is 2. The van der Waals surface area contributed by atoms with E-state index in [-0.39, 0.29) is 17.0 Å². The van der Waals surface area contributed by atoms with Gasteiger partial charge in [-0.3, -0.25) is 14.5 Å². The number of amides is 1. The molecule has 7 heteroatoms. The van der Waals surface area contributed by atoms with E-state index in [4.69, 9.17) is 4.74 Å². The first-order valence-corrected chi connectivity index (χ1v) is 11.0. The van der Waals surface area contributed by atoms with Crippen LogP contribution in [0.3, 0.4) is 0 Å². The van der Waals surface area contributed by atoms with Crippen LogP contribution in [-0.2, 0) is 9.59 Å². The number of nitrogens with zero attached hydrogens (tertiary/aromatic N) is 1. The minimum atomic E-state index is -0.944. The highest BCUT2D eigenvalue weighted by molar-refractivity contribution is 7.08. The lowest BCUT2D eigenvalue weighted by molar-refractivity contribution is -0.119. The third-order valence-corrected chi connectivity index (χ3v) is 6.18. The Morgan fingerprint density at radius 1 is 1.19 bits per heavy atom. The number of halogens is 1. The van der Waals surface area contributed by atoms with E-state index in [9.17, 15) is 14.7 Å². The molecule has 2 aromatic carbocycles. The van der Waals surface area contributed by atoms with Crippen molar-refractivity contribution in [3.05, 3.63) is 82.0 Å². The number of hydrogen-bond acceptors (Lipinski definition) is 5. The molecule has 0 bridgehead atoms. The molecule has 1 N–H and O–H groups in total. The number of rotatable bonds is 6. The molecule has 1 amide bonds. The van der Waals surface area contributed by atoms with E-state index >= 15 is 4.39 Å². The molecule has 4 rings (SSSR count). The second-order valence-electron chi connectivity index (χ2n) is 7.78. The van der Waals surface area contributed by atoms with Crippen LogP contribution < -0.4 is 9.64 Å². The van der Waals surface area contributed by atoms with Gasteiger partial charge in [0.15, 0.2) is 11.5 Å². The molecule has 164 valence electrons. The summed E-state index contributed by atoms with van der Waals surface area (Å²) in [7, 11) is 1.49. The van der Waals surface area contributed by atoms with E-state index in [0.717, 1.165) is 5.56 Å². The molecule has 0 saturated heterocycles. The molecule has 1 aliphatic rings. The van der Waals surface area contributed by atoms with E-state index in [0.29, 0.717) is 16.9 Å². The molecule has 1 unspecified atom stereocenters. The van der Waals surface area contributed by atoms with Crippen molar-refractivity contribution in [2.75, 3.05) is 12.0 Å². The number of carbonyl (C=O) groups excluding carboxylic acids is 2. The van der Waals surface area contributed by atoms with E-state index < -0.39 is 29.4 Å². The van der Waals surface area contributed by atoms with E-state index in [1.807, 2.05) is 16.8 Å². The molecular formula is C25H22FNO4S. The molecule has 3 aromatic rings. The van der Waals surface area contributed by atoms with Gasteiger partial charge in [0.2, 0.25) is 0 Å². The number of aliphatic hydroxyl groups excluding tert-OH is 1. The minimum absolute atomic E-state index is 0.0168. The number of methoxy groups -OCH3 is 1. The topological polar surface area (TPSA) is 66.8 Å². The molecule has 2 heterocycles. The summed E-state index contributed by atoms with van der Waals surface area (Å²) < 4.78 is 20.5. The Bertz CT molecular complexity index is 1220. The third-order valence-electron chi connectivity index (χ3n) is 5.49. The van der Waals surface area contributed by atoms with Crippen LogP contribution in [0.4, 0.5) is 10.1 Å². The summed E-state index contributed by atoms with van der Waals surface area (Å²) >= 11 is 1.46. The van der Waals surface area contributed by atoms with Gasteiger partial charge in [-0.25, -0.2) is 4.39 Å². The smallest absolute Gasteiger partial charge is 0.294 e. The van der Waals surface area contributed by atoms with Crippen LogP contribution in [0.25, 0.3) is 11.1 Å². The minimum Gasteiger partial charge on any atom is -0.503 e. The number of para-hydroxylation sites is 1. The van der Waals surface area contributed by atoms with E-state index in [2.05, 4.69) is 0 Å². The summed E-state index contributed by atoms with van der Waals surface area (Å²) in [5, 5.41) is 14.4. The summed E-state index contributed by atoms with van der Waals surface area (Å²) in [4.78, 5) is 27.4. The maximum absolute atomic E-state index is 15.0. The number of benzene rings is 2. The highest BCUT2D eigenvalue weighted by Crippen LogP contribution is 2.45. The van der Waals surface area contributed by atoms with Crippen LogP contribution in [0, 0.1) is 11.7 Å². The Morgan fingerprint density at radius 3 is 2.56 bits per heavy atom. The fourth-order valence-corrected chi connectivity index (χ4v) is 4.58. The first-order chi connectivity index (χ1) is 15.3.